The van der Waals surface area contributed by atoms with E-state index in [9.17, 15) is 0 Å². The van der Waals surface area contributed by atoms with E-state index in [1.807, 2.05) is 0 Å². The fourth-order valence-corrected chi connectivity index (χ4v) is 1.01. The molecule has 0 amide bonds. The van der Waals surface area contributed by atoms with Crippen LogP contribution in [0.25, 0.3) is 0 Å². The van der Waals surface area contributed by atoms with E-state index >= 15 is 0 Å². The smallest absolute Gasteiger partial charge is 0.0966 e. The lowest BCUT2D eigenvalue weighted by molar-refractivity contribution is 0.0777. The third-order valence-corrected chi connectivity index (χ3v) is 2.01. The molecule has 0 fully saturated rings. The monoisotopic (exact) mass is 190 g/mol. The van der Waals surface area contributed by atoms with Gasteiger partial charge in [0.1, 0.15) is 0 Å². The molecule has 0 radical (unpaired) electrons. The second kappa shape index (κ2) is 3.89. The largest absolute Gasteiger partial charge is 0.394 e. The molecule has 1 atom stereocenters. The van der Waals surface area contributed by atoms with Crippen LogP contribution in [-0.2, 0) is 6.54 Å². The Morgan fingerprint density at radius 1 is 1.75 bits per heavy atom. The number of rotatable bonds is 3. The number of aliphatic hydroxyl groups is 2. The standard InChI is InChI=1S/C7H11ClN2O2/c1-5-7(8)2-9-10(5)3-6(12)4-11/h2,6,11-12H,3-4H2,1H3. The van der Waals surface area contributed by atoms with E-state index in [-0.39, 0.29) is 13.2 Å². The van der Waals surface area contributed by atoms with Crippen molar-refractivity contribution in [1.82, 2.24) is 9.78 Å². The number of aliphatic hydroxyl groups excluding tert-OH is 2. The molecule has 0 bridgehead atoms. The summed E-state index contributed by atoms with van der Waals surface area (Å²) in [5, 5.41) is 22.1. The van der Waals surface area contributed by atoms with Crippen molar-refractivity contribution in [3.05, 3.63) is 16.9 Å². The van der Waals surface area contributed by atoms with E-state index in [1.165, 1.54) is 6.20 Å². The fraction of sp³-hybridized carbons (Fsp3) is 0.571. The zero-order valence-electron chi connectivity index (χ0n) is 6.74. The normalized spacial score (nSPS) is 13.3. The van der Waals surface area contributed by atoms with Crippen molar-refractivity contribution in [3.63, 3.8) is 0 Å². The summed E-state index contributed by atoms with van der Waals surface area (Å²) in [5.74, 6) is 0. The zero-order chi connectivity index (χ0) is 9.14. The number of hydrogen-bond donors (Lipinski definition) is 2. The Hall–Kier alpha value is -0.580. The van der Waals surface area contributed by atoms with Crippen LogP contribution in [0.1, 0.15) is 5.69 Å². The maximum Gasteiger partial charge on any atom is 0.0966 e. The third kappa shape index (κ3) is 1.97. The first-order valence-corrected chi connectivity index (χ1v) is 3.99. The van der Waals surface area contributed by atoms with Gasteiger partial charge < -0.3 is 10.2 Å². The van der Waals surface area contributed by atoms with Crippen LogP contribution >= 0.6 is 11.6 Å². The summed E-state index contributed by atoms with van der Waals surface area (Å²) in [6.45, 7) is 1.81. The van der Waals surface area contributed by atoms with Gasteiger partial charge in [-0.05, 0) is 6.92 Å². The van der Waals surface area contributed by atoms with Crippen LogP contribution in [0.5, 0.6) is 0 Å². The van der Waals surface area contributed by atoms with Gasteiger partial charge in [-0.1, -0.05) is 11.6 Å². The summed E-state index contributed by atoms with van der Waals surface area (Å²) < 4.78 is 1.56. The minimum Gasteiger partial charge on any atom is -0.394 e. The van der Waals surface area contributed by atoms with Crippen molar-refractivity contribution >= 4 is 11.6 Å². The molecule has 12 heavy (non-hydrogen) atoms. The Balaban J connectivity index is 2.69. The van der Waals surface area contributed by atoms with E-state index < -0.39 is 6.10 Å². The second-order valence-corrected chi connectivity index (χ2v) is 3.00. The number of nitrogens with zero attached hydrogens (tertiary/aromatic N) is 2. The number of hydrogen-bond acceptors (Lipinski definition) is 3. The molecule has 0 saturated carbocycles. The Bertz CT molecular complexity index is 262. The topological polar surface area (TPSA) is 58.3 Å². The van der Waals surface area contributed by atoms with Crippen molar-refractivity contribution in [2.45, 2.75) is 19.6 Å². The lowest BCUT2D eigenvalue weighted by atomic mass is 10.3. The Morgan fingerprint density at radius 3 is 2.83 bits per heavy atom. The Kier molecular flexibility index (Phi) is 3.08. The zero-order valence-corrected chi connectivity index (χ0v) is 7.49. The van der Waals surface area contributed by atoms with Crippen molar-refractivity contribution in [2.75, 3.05) is 6.61 Å². The minimum atomic E-state index is -0.778. The molecule has 1 aromatic rings. The van der Waals surface area contributed by atoms with E-state index in [0.717, 1.165) is 5.69 Å². The van der Waals surface area contributed by atoms with E-state index in [1.54, 1.807) is 11.6 Å². The van der Waals surface area contributed by atoms with E-state index in [2.05, 4.69) is 5.10 Å². The first kappa shape index (κ1) is 9.51. The Labute approximate surface area is 75.4 Å². The highest BCUT2D eigenvalue weighted by Crippen LogP contribution is 2.13. The lowest BCUT2D eigenvalue weighted by Crippen LogP contribution is -2.21. The summed E-state index contributed by atoms with van der Waals surface area (Å²) in [7, 11) is 0. The molecule has 0 aromatic carbocycles. The summed E-state index contributed by atoms with van der Waals surface area (Å²) >= 11 is 5.73. The highest BCUT2D eigenvalue weighted by molar-refractivity contribution is 6.31. The van der Waals surface area contributed by atoms with Gasteiger partial charge in [0.15, 0.2) is 0 Å². The predicted molar refractivity (Wildman–Crippen MR) is 45.1 cm³/mol. The summed E-state index contributed by atoms with van der Waals surface area (Å²) in [4.78, 5) is 0. The lowest BCUT2D eigenvalue weighted by Gasteiger charge is -2.08. The molecule has 5 heteroatoms. The highest BCUT2D eigenvalue weighted by atomic mass is 35.5. The van der Waals surface area contributed by atoms with E-state index in [4.69, 9.17) is 21.8 Å². The first-order valence-electron chi connectivity index (χ1n) is 3.62. The summed E-state index contributed by atoms with van der Waals surface area (Å²) in [6, 6.07) is 0. The van der Waals surface area contributed by atoms with Gasteiger partial charge in [0.25, 0.3) is 0 Å². The van der Waals surface area contributed by atoms with Crippen molar-refractivity contribution < 1.29 is 10.2 Å². The molecule has 68 valence electrons. The summed E-state index contributed by atoms with van der Waals surface area (Å²) in [5.41, 5.74) is 0.796. The van der Waals surface area contributed by atoms with E-state index in [0.29, 0.717) is 5.02 Å². The quantitative estimate of drug-likeness (QED) is 0.716. The van der Waals surface area contributed by atoms with Gasteiger partial charge in [-0.25, -0.2) is 0 Å². The van der Waals surface area contributed by atoms with Gasteiger partial charge >= 0.3 is 0 Å². The maximum absolute atomic E-state index is 9.09. The number of aromatic nitrogens is 2. The average Bonchev–Trinajstić information content (AvgIpc) is 2.36. The van der Waals surface area contributed by atoms with Gasteiger partial charge in [-0.3, -0.25) is 4.68 Å². The van der Waals surface area contributed by atoms with Crippen LogP contribution in [0.4, 0.5) is 0 Å². The second-order valence-electron chi connectivity index (χ2n) is 2.60. The molecule has 2 N–H and O–H groups in total. The molecule has 0 saturated heterocycles. The molecule has 0 aliphatic rings. The highest BCUT2D eigenvalue weighted by Gasteiger charge is 2.08. The molecule has 4 nitrogen and oxygen atoms in total. The molecule has 1 unspecified atom stereocenters. The van der Waals surface area contributed by atoms with Gasteiger partial charge in [0, 0.05) is 0 Å². The molecular formula is C7H11ClN2O2. The van der Waals surface area contributed by atoms with Crippen LogP contribution in [-0.4, -0.2) is 32.7 Å². The maximum atomic E-state index is 9.09. The molecular weight excluding hydrogens is 180 g/mol. The van der Waals surface area contributed by atoms with Crippen molar-refractivity contribution in [3.8, 4) is 0 Å². The molecule has 1 aromatic heterocycles. The SMILES string of the molecule is Cc1c(Cl)cnn1CC(O)CO. The summed E-state index contributed by atoms with van der Waals surface area (Å²) in [6.07, 6.45) is 0.737. The molecule has 0 aliphatic carbocycles. The average molecular weight is 191 g/mol. The fourth-order valence-electron chi connectivity index (χ4n) is 0.865. The van der Waals surface area contributed by atoms with Crippen molar-refractivity contribution in [2.24, 2.45) is 0 Å². The predicted octanol–water partition coefficient (Wildman–Crippen LogP) is 0.198. The van der Waals surface area contributed by atoms with Gasteiger partial charge in [-0.15, -0.1) is 0 Å². The number of halogens is 1. The third-order valence-electron chi connectivity index (χ3n) is 1.64. The molecule has 0 aliphatic heterocycles. The van der Waals surface area contributed by atoms with Crippen molar-refractivity contribution in [1.29, 1.82) is 0 Å². The Morgan fingerprint density at radius 2 is 2.42 bits per heavy atom. The van der Waals surface area contributed by atoms with Crippen LogP contribution in [0.2, 0.25) is 5.02 Å². The molecule has 1 rings (SSSR count). The van der Waals surface area contributed by atoms with Gasteiger partial charge in [0.2, 0.25) is 0 Å². The van der Waals surface area contributed by atoms with Gasteiger partial charge in [0.05, 0.1) is 36.2 Å². The molecule has 1 heterocycles. The van der Waals surface area contributed by atoms with Crippen LogP contribution < -0.4 is 0 Å². The van der Waals surface area contributed by atoms with Crippen LogP contribution in [0, 0.1) is 6.92 Å². The van der Waals surface area contributed by atoms with Crippen LogP contribution in [0.3, 0.4) is 0 Å². The van der Waals surface area contributed by atoms with Gasteiger partial charge in [-0.2, -0.15) is 5.10 Å². The minimum absolute atomic E-state index is 0.267. The molecule has 0 spiro atoms. The van der Waals surface area contributed by atoms with Crippen LogP contribution in [0.15, 0.2) is 6.20 Å². The first-order chi connectivity index (χ1) is 5.65.